The number of rotatable bonds is 3. The Bertz CT molecular complexity index is 534. The number of nitrogens with one attached hydrogen (secondary N) is 1. The second-order valence-electron chi connectivity index (χ2n) is 5.25. The molecule has 1 aromatic carbocycles. The summed E-state index contributed by atoms with van der Waals surface area (Å²) in [5, 5.41) is 2.61. The minimum atomic E-state index is -1.10. The van der Waals surface area contributed by atoms with Crippen molar-refractivity contribution >= 4 is 11.9 Å². The standard InChI is InChI=1S/C15H17F2NO3/c1-21-14(20)15(5-3-2-4-6-15)18-13(19)10-7-11(16)9-12(17)8-10/h7-9H,2-6H2,1H3,(H,18,19). The third kappa shape index (κ3) is 3.37. The van der Waals surface area contributed by atoms with E-state index in [-0.39, 0.29) is 5.56 Å². The van der Waals surface area contributed by atoms with Crippen LogP contribution in [0.25, 0.3) is 0 Å². The summed E-state index contributed by atoms with van der Waals surface area (Å²) in [6, 6.07) is 2.56. The Morgan fingerprint density at radius 1 is 1.10 bits per heavy atom. The molecular formula is C15H17F2NO3. The molecule has 0 saturated heterocycles. The normalized spacial score (nSPS) is 17.1. The lowest BCUT2D eigenvalue weighted by Crippen LogP contribution is -2.56. The molecule has 0 heterocycles. The summed E-state index contributed by atoms with van der Waals surface area (Å²) in [5.41, 5.74) is -1.26. The maximum atomic E-state index is 13.2. The number of methoxy groups -OCH3 is 1. The Balaban J connectivity index is 2.23. The zero-order valence-electron chi connectivity index (χ0n) is 11.7. The van der Waals surface area contributed by atoms with Gasteiger partial charge in [0.1, 0.15) is 17.2 Å². The van der Waals surface area contributed by atoms with E-state index in [9.17, 15) is 18.4 Å². The number of hydrogen-bond acceptors (Lipinski definition) is 3. The van der Waals surface area contributed by atoms with E-state index in [1.165, 1.54) is 7.11 Å². The first-order valence-electron chi connectivity index (χ1n) is 6.84. The van der Waals surface area contributed by atoms with Crippen LogP contribution in [0.4, 0.5) is 8.78 Å². The number of carbonyl (C=O) groups is 2. The quantitative estimate of drug-likeness (QED) is 0.872. The van der Waals surface area contributed by atoms with Gasteiger partial charge in [0.15, 0.2) is 0 Å². The van der Waals surface area contributed by atoms with Gasteiger partial charge in [0, 0.05) is 11.6 Å². The number of halogens is 2. The van der Waals surface area contributed by atoms with Crippen LogP contribution in [0.2, 0.25) is 0 Å². The van der Waals surface area contributed by atoms with E-state index in [1.807, 2.05) is 0 Å². The van der Waals surface area contributed by atoms with Gasteiger partial charge in [-0.2, -0.15) is 0 Å². The highest BCUT2D eigenvalue weighted by atomic mass is 19.1. The molecule has 0 spiro atoms. The fraction of sp³-hybridized carbons (Fsp3) is 0.467. The third-order valence-corrected chi connectivity index (χ3v) is 3.76. The maximum absolute atomic E-state index is 13.2. The van der Waals surface area contributed by atoms with Gasteiger partial charge in [-0.1, -0.05) is 19.3 Å². The molecule has 2 rings (SSSR count). The van der Waals surface area contributed by atoms with Crippen molar-refractivity contribution in [1.29, 1.82) is 0 Å². The van der Waals surface area contributed by atoms with Gasteiger partial charge in [-0.05, 0) is 25.0 Å². The molecule has 114 valence electrons. The van der Waals surface area contributed by atoms with Gasteiger partial charge in [0.05, 0.1) is 7.11 Å². The summed E-state index contributed by atoms with van der Waals surface area (Å²) < 4.78 is 31.1. The number of benzene rings is 1. The van der Waals surface area contributed by atoms with Crippen LogP contribution < -0.4 is 5.32 Å². The largest absolute Gasteiger partial charge is 0.467 e. The van der Waals surface area contributed by atoms with Crippen molar-refractivity contribution < 1.29 is 23.1 Å². The molecule has 0 atom stereocenters. The summed E-state index contributed by atoms with van der Waals surface area (Å²) in [4.78, 5) is 24.2. The van der Waals surface area contributed by atoms with Gasteiger partial charge in [-0.3, -0.25) is 4.79 Å². The van der Waals surface area contributed by atoms with Crippen molar-refractivity contribution in [3.8, 4) is 0 Å². The van der Waals surface area contributed by atoms with E-state index in [1.54, 1.807) is 0 Å². The minimum absolute atomic E-state index is 0.152. The molecule has 1 aliphatic rings. The fourth-order valence-corrected chi connectivity index (χ4v) is 2.71. The molecule has 21 heavy (non-hydrogen) atoms. The van der Waals surface area contributed by atoms with Gasteiger partial charge in [0.25, 0.3) is 5.91 Å². The Morgan fingerprint density at radius 3 is 2.19 bits per heavy atom. The topological polar surface area (TPSA) is 55.4 Å². The Morgan fingerprint density at radius 2 is 1.67 bits per heavy atom. The number of amides is 1. The lowest BCUT2D eigenvalue weighted by atomic mass is 9.81. The number of esters is 1. The molecule has 1 amide bonds. The van der Waals surface area contributed by atoms with Crippen LogP contribution in [0.5, 0.6) is 0 Å². The smallest absolute Gasteiger partial charge is 0.331 e. The molecule has 1 aromatic rings. The average molecular weight is 297 g/mol. The van der Waals surface area contributed by atoms with Crippen molar-refractivity contribution in [2.45, 2.75) is 37.6 Å². The zero-order chi connectivity index (χ0) is 15.5. The average Bonchev–Trinajstić information content (AvgIpc) is 2.46. The van der Waals surface area contributed by atoms with Crippen LogP contribution in [0.15, 0.2) is 18.2 Å². The molecule has 0 aliphatic heterocycles. The second-order valence-corrected chi connectivity index (χ2v) is 5.25. The highest BCUT2D eigenvalue weighted by molar-refractivity contribution is 5.98. The van der Waals surface area contributed by atoms with E-state index in [2.05, 4.69) is 5.32 Å². The Kier molecular flexibility index (Phi) is 4.55. The molecule has 4 nitrogen and oxygen atoms in total. The summed E-state index contributed by atoms with van der Waals surface area (Å²) in [7, 11) is 1.26. The maximum Gasteiger partial charge on any atom is 0.331 e. The molecule has 1 aliphatic carbocycles. The Labute approximate surface area is 121 Å². The Hall–Kier alpha value is -1.98. The van der Waals surface area contributed by atoms with Gasteiger partial charge in [-0.15, -0.1) is 0 Å². The van der Waals surface area contributed by atoms with Crippen molar-refractivity contribution in [3.05, 3.63) is 35.4 Å². The zero-order valence-corrected chi connectivity index (χ0v) is 11.7. The van der Waals surface area contributed by atoms with Crippen molar-refractivity contribution in [3.63, 3.8) is 0 Å². The van der Waals surface area contributed by atoms with E-state index in [0.717, 1.165) is 31.4 Å². The minimum Gasteiger partial charge on any atom is -0.467 e. The first-order valence-corrected chi connectivity index (χ1v) is 6.84. The van der Waals surface area contributed by atoms with Gasteiger partial charge >= 0.3 is 5.97 Å². The van der Waals surface area contributed by atoms with E-state index in [0.29, 0.717) is 18.9 Å². The molecule has 0 bridgehead atoms. The molecule has 1 N–H and O–H groups in total. The summed E-state index contributed by atoms with van der Waals surface area (Å²) in [5.74, 6) is -2.88. The van der Waals surface area contributed by atoms with Gasteiger partial charge < -0.3 is 10.1 Å². The fourth-order valence-electron chi connectivity index (χ4n) is 2.71. The predicted molar refractivity (Wildman–Crippen MR) is 71.7 cm³/mol. The number of hydrogen-bond donors (Lipinski definition) is 1. The first kappa shape index (κ1) is 15.4. The molecule has 1 saturated carbocycles. The van der Waals surface area contributed by atoms with Crippen molar-refractivity contribution in [2.75, 3.05) is 7.11 Å². The molecule has 0 aromatic heterocycles. The van der Waals surface area contributed by atoms with Crippen molar-refractivity contribution in [1.82, 2.24) is 5.32 Å². The third-order valence-electron chi connectivity index (χ3n) is 3.76. The molecular weight excluding hydrogens is 280 g/mol. The summed E-state index contributed by atoms with van der Waals surface area (Å²) >= 11 is 0. The van der Waals surface area contributed by atoms with Gasteiger partial charge in [-0.25, -0.2) is 13.6 Å². The van der Waals surface area contributed by atoms with Crippen LogP contribution in [-0.2, 0) is 9.53 Å². The molecule has 1 fully saturated rings. The van der Waals surface area contributed by atoms with Gasteiger partial charge in [0.2, 0.25) is 0 Å². The first-order chi connectivity index (χ1) is 9.97. The van der Waals surface area contributed by atoms with Crippen LogP contribution in [-0.4, -0.2) is 24.5 Å². The second kappa shape index (κ2) is 6.20. The summed E-state index contributed by atoms with van der Waals surface area (Å²) in [6.45, 7) is 0. The lowest BCUT2D eigenvalue weighted by Gasteiger charge is -2.35. The highest BCUT2D eigenvalue weighted by Gasteiger charge is 2.42. The summed E-state index contributed by atoms with van der Waals surface area (Å²) in [6.07, 6.45) is 3.47. The number of carbonyl (C=O) groups excluding carboxylic acids is 2. The van der Waals surface area contributed by atoms with Crippen LogP contribution in [0.3, 0.4) is 0 Å². The van der Waals surface area contributed by atoms with Crippen LogP contribution in [0.1, 0.15) is 42.5 Å². The van der Waals surface area contributed by atoms with Crippen molar-refractivity contribution in [2.24, 2.45) is 0 Å². The highest BCUT2D eigenvalue weighted by Crippen LogP contribution is 2.29. The monoisotopic (exact) mass is 297 g/mol. The van der Waals surface area contributed by atoms with E-state index in [4.69, 9.17) is 4.74 Å². The predicted octanol–water partition coefficient (Wildman–Crippen LogP) is 2.57. The number of ether oxygens (including phenoxy) is 1. The molecule has 6 heteroatoms. The van der Waals surface area contributed by atoms with E-state index < -0.39 is 29.0 Å². The SMILES string of the molecule is COC(=O)C1(NC(=O)c2cc(F)cc(F)c2)CCCCC1. The molecule has 0 unspecified atom stereocenters. The van der Waals surface area contributed by atoms with Crippen LogP contribution >= 0.6 is 0 Å². The van der Waals surface area contributed by atoms with E-state index >= 15 is 0 Å². The van der Waals surface area contributed by atoms with Crippen LogP contribution in [0, 0.1) is 11.6 Å². The molecule has 0 radical (unpaired) electrons. The lowest BCUT2D eigenvalue weighted by molar-refractivity contribution is -0.149.